The van der Waals surface area contributed by atoms with Crippen molar-refractivity contribution < 1.29 is 23.8 Å². The van der Waals surface area contributed by atoms with Crippen LogP contribution in [-0.4, -0.2) is 43.1 Å². The van der Waals surface area contributed by atoms with Gasteiger partial charge in [0.15, 0.2) is 11.5 Å². The maximum Gasteiger partial charge on any atom is 0.331 e. The Kier molecular flexibility index (Phi) is 7.49. The molecule has 1 aliphatic rings. The van der Waals surface area contributed by atoms with Crippen molar-refractivity contribution in [2.24, 2.45) is 0 Å². The first-order chi connectivity index (χ1) is 14.6. The van der Waals surface area contributed by atoms with Gasteiger partial charge < -0.3 is 19.1 Å². The lowest BCUT2D eigenvalue weighted by Gasteiger charge is -2.25. The summed E-state index contributed by atoms with van der Waals surface area (Å²) in [5, 5.41) is 0. The van der Waals surface area contributed by atoms with Crippen LogP contribution in [0.3, 0.4) is 0 Å². The first-order valence-electron chi connectivity index (χ1n) is 10.2. The highest BCUT2D eigenvalue weighted by Gasteiger charge is 2.27. The van der Waals surface area contributed by atoms with Crippen LogP contribution < -0.4 is 9.47 Å². The number of ether oxygens (including phenoxy) is 3. The first kappa shape index (κ1) is 21.4. The van der Waals surface area contributed by atoms with E-state index >= 15 is 0 Å². The molecule has 2 aromatic rings. The third kappa shape index (κ3) is 5.41. The highest BCUT2D eigenvalue weighted by Crippen LogP contribution is 2.31. The van der Waals surface area contributed by atoms with Crippen LogP contribution in [0.2, 0.25) is 0 Å². The minimum atomic E-state index is -0.980. The Morgan fingerprint density at radius 3 is 2.43 bits per heavy atom. The molecule has 0 bridgehead atoms. The van der Waals surface area contributed by atoms with Gasteiger partial charge in [-0.3, -0.25) is 4.79 Å². The summed E-state index contributed by atoms with van der Waals surface area (Å²) >= 11 is 0. The quantitative estimate of drug-likeness (QED) is 0.511. The van der Waals surface area contributed by atoms with Crippen LogP contribution in [-0.2, 0) is 14.3 Å². The topological polar surface area (TPSA) is 65.1 Å². The summed E-state index contributed by atoms with van der Waals surface area (Å²) in [6.07, 6.45) is 2.81. The number of hydrogen-bond acceptors (Lipinski definition) is 5. The van der Waals surface area contributed by atoms with Gasteiger partial charge in [0.05, 0.1) is 13.2 Å². The number of hydrogen-bond donors (Lipinski definition) is 0. The van der Waals surface area contributed by atoms with Crippen LogP contribution in [0.15, 0.2) is 54.6 Å². The largest absolute Gasteiger partial charge is 0.490 e. The number of likely N-dealkylation sites (N-methyl/N-ethyl adjacent to an activating group) is 1. The average molecular weight is 409 g/mol. The van der Waals surface area contributed by atoms with E-state index in [1.54, 1.807) is 23.1 Å². The minimum absolute atomic E-state index is 0.233. The molecule has 0 unspecified atom stereocenters. The predicted molar refractivity (Wildman–Crippen MR) is 114 cm³/mol. The lowest BCUT2D eigenvalue weighted by molar-refractivity contribution is -0.157. The Hall–Kier alpha value is -3.28. The third-order valence-electron chi connectivity index (χ3n) is 4.82. The van der Waals surface area contributed by atoms with Crippen molar-refractivity contribution in [1.29, 1.82) is 0 Å². The first-order valence-corrected chi connectivity index (χ1v) is 10.2. The molecule has 1 aliphatic heterocycles. The van der Waals surface area contributed by atoms with Crippen molar-refractivity contribution in [3.8, 4) is 11.5 Å². The molecule has 0 radical (unpaired) electrons. The van der Waals surface area contributed by atoms with Gasteiger partial charge in [-0.1, -0.05) is 36.4 Å². The van der Waals surface area contributed by atoms with Gasteiger partial charge in [-0.25, -0.2) is 4.79 Å². The number of nitrogens with zero attached hydrogens (tertiary/aromatic N) is 1. The molecule has 2 aromatic carbocycles. The molecule has 3 rings (SSSR count). The van der Waals surface area contributed by atoms with E-state index in [0.717, 1.165) is 12.0 Å². The number of rotatable bonds is 7. The van der Waals surface area contributed by atoms with Gasteiger partial charge in [-0.2, -0.15) is 0 Å². The second-order valence-corrected chi connectivity index (χ2v) is 6.83. The Labute approximate surface area is 177 Å². The summed E-state index contributed by atoms with van der Waals surface area (Å²) in [7, 11) is 0. The summed E-state index contributed by atoms with van der Waals surface area (Å²) in [5.41, 5.74) is 1.43. The molecule has 0 aromatic heterocycles. The summed E-state index contributed by atoms with van der Waals surface area (Å²) in [5.74, 6) is 0.531. The van der Waals surface area contributed by atoms with Crippen molar-refractivity contribution in [3.05, 3.63) is 65.7 Å². The maximum atomic E-state index is 12.9. The smallest absolute Gasteiger partial charge is 0.331 e. The van der Waals surface area contributed by atoms with Gasteiger partial charge in [0.1, 0.15) is 0 Å². The monoisotopic (exact) mass is 409 g/mol. The molecule has 1 amide bonds. The molecule has 1 heterocycles. The number of benzene rings is 2. The molecule has 6 heteroatoms. The maximum absolute atomic E-state index is 12.9. The molecule has 0 aliphatic carbocycles. The zero-order valence-electron chi connectivity index (χ0n) is 17.4. The normalized spacial score (nSPS) is 14.1. The summed E-state index contributed by atoms with van der Waals surface area (Å²) in [6, 6.07) is 14.5. The number of carbonyl (C=O) groups excluding carboxylic acids is 2. The molecule has 0 N–H and O–H groups in total. The van der Waals surface area contributed by atoms with Crippen molar-refractivity contribution in [2.75, 3.05) is 26.3 Å². The van der Waals surface area contributed by atoms with E-state index in [2.05, 4.69) is 0 Å². The van der Waals surface area contributed by atoms with E-state index in [1.165, 1.54) is 6.08 Å². The Balaban J connectivity index is 1.74. The van der Waals surface area contributed by atoms with Crippen molar-refractivity contribution in [3.63, 3.8) is 0 Å². The molecular formula is C24H27NO5. The van der Waals surface area contributed by atoms with Gasteiger partial charge in [-0.15, -0.1) is 0 Å². The molecule has 0 spiro atoms. The number of carbonyl (C=O) groups is 2. The Bertz CT molecular complexity index is 890. The van der Waals surface area contributed by atoms with E-state index in [0.29, 0.717) is 43.4 Å². The second kappa shape index (κ2) is 10.5. The van der Waals surface area contributed by atoms with Crippen LogP contribution >= 0.6 is 0 Å². The van der Waals surface area contributed by atoms with Crippen LogP contribution in [0.25, 0.3) is 6.08 Å². The highest BCUT2D eigenvalue weighted by atomic mass is 16.5. The van der Waals surface area contributed by atoms with Gasteiger partial charge in [0.2, 0.25) is 6.10 Å². The Morgan fingerprint density at radius 2 is 1.73 bits per heavy atom. The average Bonchev–Trinajstić information content (AvgIpc) is 3.02. The minimum Gasteiger partial charge on any atom is -0.490 e. The van der Waals surface area contributed by atoms with Crippen molar-refractivity contribution >= 4 is 18.0 Å². The van der Waals surface area contributed by atoms with Crippen LogP contribution in [0.5, 0.6) is 11.5 Å². The molecule has 0 saturated heterocycles. The van der Waals surface area contributed by atoms with Crippen LogP contribution in [0.1, 0.15) is 37.5 Å². The molecule has 6 nitrogen and oxygen atoms in total. The summed E-state index contributed by atoms with van der Waals surface area (Å²) < 4.78 is 16.9. The molecule has 158 valence electrons. The highest BCUT2D eigenvalue weighted by molar-refractivity contribution is 5.91. The summed E-state index contributed by atoms with van der Waals surface area (Å²) in [4.78, 5) is 27.1. The summed E-state index contributed by atoms with van der Waals surface area (Å²) in [6.45, 7) is 6.10. The van der Waals surface area contributed by atoms with Gasteiger partial charge in [-0.05, 0) is 37.6 Å². The molecule has 0 fully saturated rings. The fraction of sp³-hybridized carbons (Fsp3) is 0.333. The van der Waals surface area contributed by atoms with Crippen molar-refractivity contribution in [2.45, 2.75) is 26.4 Å². The lowest BCUT2D eigenvalue weighted by atomic mass is 10.1. The van der Waals surface area contributed by atoms with Gasteiger partial charge in [0, 0.05) is 31.1 Å². The van der Waals surface area contributed by atoms with E-state index < -0.39 is 12.1 Å². The van der Waals surface area contributed by atoms with E-state index in [-0.39, 0.29) is 5.91 Å². The second-order valence-electron chi connectivity index (χ2n) is 6.83. The predicted octanol–water partition coefficient (Wildman–Crippen LogP) is 4.01. The SMILES string of the molecule is CCN(CC)C(=O)[C@H](OC(=O)/C=C/c1ccc2c(c1)OCCCO2)c1ccccc1. The zero-order chi connectivity index (χ0) is 21.3. The number of esters is 1. The lowest BCUT2D eigenvalue weighted by Crippen LogP contribution is -2.36. The molecule has 0 saturated carbocycles. The fourth-order valence-corrected chi connectivity index (χ4v) is 3.19. The van der Waals surface area contributed by atoms with E-state index in [9.17, 15) is 9.59 Å². The van der Waals surface area contributed by atoms with Crippen LogP contribution in [0, 0.1) is 0 Å². The molecule has 1 atom stereocenters. The molecular weight excluding hydrogens is 382 g/mol. The zero-order valence-corrected chi connectivity index (χ0v) is 17.4. The van der Waals surface area contributed by atoms with Crippen molar-refractivity contribution in [1.82, 2.24) is 4.90 Å². The van der Waals surface area contributed by atoms with Gasteiger partial charge in [0.25, 0.3) is 5.91 Å². The van der Waals surface area contributed by atoms with Gasteiger partial charge >= 0.3 is 5.97 Å². The van der Waals surface area contributed by atoms with E-state index in [4.69, 9.17) is 14.2 Å². The fourth-order valence-electron chi connectivity index (χ4n) is 3.19. The Morgan fingerprint density at radius 1 is 1.03 bits per heavy atom. The third-order valence-corrected chi connectivity index (χ3v) is 4.82. The van der Waals surface area contributed by atoms with Crippen LogP contribution in [0.4, 0.5) is 0 Å². The number of fused-ring (bicyclic) bond motifs is 1. The van der Waals surface area contributed by atoms with E-state index in [1.807, 2.05) is 50.2 Å². The number of amides is 1. The standard InChI is InChI=1S/C24H27NO5/c1-3-25(4-2)24(27)23(19-9-6-5-7-10-19)30-22(26)14-12-18-11-13-20-21(17-18)29-16-8-15-28-20/h5-7,9-14,17,23H,3-4,8,15-16H2,1-2H3/b14-12+/t23-/m1/s1. The molecule has 30 heavy (non-hydrogen) atoms.